The van der Waals surface area contributed by atoms with Crippen LogP contribution >= 0.6 is 0 Å². The number of fused-ring (bicyclic) bond motifs is 1. The average molecular weight is 289 g/mol. The van der Waals surface area contributed by atoms with Gasteiger partial charge in [-0.15, -0.1) is 0 Å². The molecule has 0 aromatic heterocycles. The van der Waals surface area contributed by atoms with Crippen molar-refractivity contribution in [1.82, 2.24) is 13.5 Å². The van der Waals surface area contributed by atoms with Gasteiger partial charge in [0.25, 0.3) is 10.2 Å². The maximum atomic E-state index is 12.2. The molecule has 112 valence electrons. The van der Waals surface area contributed by atoms with E-state index in [9.17, 15) is 8.42 Å². The van der Waals surface area contributed by atoms with Gasteiger partial charge in [-0.05, 0) is 44.7 Å². The molecule has 0 aromatic carbocycles. The lowest BCUT2D eigenvalue weighted by atomic mass is 9.84. The normalized spacial score (nSPS) is 30.5. The molecule has 0 aromatic rings. The summed E-state index contributed by atoms with van der Waals surface area (Å²) in [6, 6.07) is 0.599. The molecule has 2 aliphatic heterocycles. The second-order valence-corrected chi connectivity index (χ2v) is 8.08. The summed E-state index contributed by atoms with van der Waals surface area (Å²) in [5, 5.41) is 0. The molecule has 0 saturated carbocycles. The molecule has 5 nitrogen and oxygen atoms in total. The van der Waals surface area contributed by atoms with Crippen LogP contribution in [0.3, 0.4) is 0 Å². The van der Waals surface area contributed by atoms with Crippen LogP contribution in [0.5, 0.6) is 0 Å². The minimum atomic E-state index is -3.23. The minimum Gasteiger partial charge on any atom is -0.300 e. The molecule has 0 radical (unpaired) electrons. The lowest BCUT2D eigenvalue weighted by molar-refractivity contribution is 0.0461. The number of hydrogen-bond acceptors (Lipinski definition) is 3. The quantitative estimate of drug-likeness (QED) is 0.775. The van der Waals surface area contributed by atoms with Crippen molar-refractivity contribution in [1.29, 1.82) is 0 Å². The molecule has 2 aliphatic rings. The molecule has 0 amide bonds. The van der Waals surface area contributed by atoms with E-state index in [4.69, 9.17) is 0 Å². The second kappa shape index (κ2) is 6.08. The zero-order valence-corrected chi connectivity index (χ0v) is 13.2. The number of hydrogen-bond donors (Lipinski definition) is 0. The van der Waals surface area contributed by atoms with E-state index in [0.29, 0.717) is 25.0 Å². The summed E-state index contributed by atoms with van der Waals surface area (Å²) in [7, 11) is 0.00136. The molecule has 6 heteroatoms. The van der Waals surface area contributed by atoms with Crippen molar-refractivity contribution in [3.63, 3.8) is 0 Å². The Hall–Kier alpha value is -0.170. The molecule has 2 heterocycles. The van der Waals surface area contributed by atoms with Crippen molar-refractivity contribution in [2.24, 2.45) is 5.92 Å². The summed E-state index contributed by atoms with van der Waals surface area (Å²) in [4.78, 5) is 2.58. The first kappa shape index (κ1) is 15.2. The van der Waals surface area contributed by atoms with E-state index >= 15 is 0 Å². The highest BCUT2D eigenvalue weighted by atomic mass is 32.2. The lowest BCUT2D eigenvalue weighted by Gasteiger charge is -2.47. The van der Waals surface area contributed by atoms with Crippen molar-refractivity contribution in [3.8, 4) is 0 Å². The van der Waals surface area contributed by atoms with Crippen molar-refractivity contribution in [3.05, 3.63) is 0 Å². The molecular formula is C13H27N3O2S. The third-order valence-corrected chi connectivity index (χ3v) is 6.35. The van der Waals surface area contributed by atoms with Gasteiger partial charge in [-0.25, -0.2) is 0 Å². The SMILES string of the molecule is CCCN1CCC[C@@H]2CN(S(=O)(=O)N(C)C)CC[C@@H]21. The van der Waals surface area contributed by atoms with Crippen LogP contribution in [0.25, 0.3) is 0 Å². The molecule has 2 fully saturated rings. The third-order valence-electron chi connectivity index (χ3n) is 4.44. The Balaban J connectivity index is 2.05. The third kappa shape index (κ3) is 3.12. The summed E-state index contributed by atoms with van der Waals surface area (Å²) in [6.45, 7) is 5.93. The van der Waals surface area contributed by atoms with Crippen LogP contribution in [0.2, 0.25) is 0 Å². The maximum Gasteiger partial charge on any atom is 0.281 e. The Morgan fingerprint density at radius 1 is 1.21 bits per heavy atom. The summed E-state index contributed by atoms with van der Waals surface area (Å²) < 4.78 is 27.4. The number of piperidine rings is 2. The van der Waals surface area contributed by atoms with Crippen LogP contribution in [0.15, 0.2) is 0 Å². The Kier molecular flexibility index (Phi) is 4.87. The molecule has 0 N–H and O–H groups in total. The summed E-state index contributed by atoms with van der Waals surface area (Å²) in [5.41, 5.74) is 0. The zero-order chi connectivity index (χ0) is 14.0. The van der Waals surface area contributed by atoms with Crippen LogP contribution in [0.4, 0.5) is 0 Å². The van der Waals surface area contributed by atoms with Crippen LogP contribution in [-0.2, 0) is 10.2 Å². The van der Waals surface area contributed by atoms with Crippen LogP contribution in [0, 0.1) is 5.92 Å². The van der Waals surface area contributed by atoms with Gasteiger partial charge in [-0.3, -0.25) is 0 Å². The number of rotatable bonds is 4. The van der Waals surface area contributed by atoms with Crippen LogP contribution < -0.4 is 0 Å². The first-order valence-corrected chi connectivity index (χ1v) is 8.78. The van der Waals surface area contributed by atoms with Gasteiger partial charge in [0, 0.05) is 33.2 Å². The molecule has 0 bridgehead atoms. The van der Waals surface area contributed by atoms with Crippen molar-refractivity contribution in [2.45, 2.75) is 38.6 Å². The largest absolute Gasteiger partial charge is 0.300 e. The van der Waals surface area contributed by atoms with Gasteiger partial charge in [0.2, 0.25) is 0 Å². The van der Waals surface area contributed by atoms with E-state index in [0.717, 1.165) is 13.0 Å². The zero-order valence-electron chi connectivity index (χ0n) is 12.4. The summed E-state index contributed by atoms with van der Waals surface area (Å²) >= 11 is 0. The molecule has 0 aliphatic carbocycles. The van der Waals surface area contributed by atoms with E-state index in [1.54, 1.807) is 18.4 Å². The van der Waals surface area contributed by atoms with E-state index in [-0.39, 0.29) is 0 Å². The van der Waals surface area contributed by atoms with Crippen molar-refractivity contribution >= 4 is 10.2 Å². The van der Waals surface area contributed by atoms with Gasteiger partial charge >= 0.3 is 0 Å². The average Bonchev–Trinajstić information content (AvgIpc) is 2.38. The van der Waals surface area contributed by atoms with E-state index < -0.39 is 10.2 Å². The number of likely N-dealkylation sites (tertiary alicyclic amines) is 1. The van der Waals surface area contributed by atoms with E-state index in [1.807, 2.05) is 0 Å². The maximum absolute atomic E-state index is 12.2. The first-order valence-electron chi connectivity index (χ1n) is 7.38. The predicted molar refractivity (Wildman–Crippen MR) is 77.2 cm³/mol. The summed E-state index contributed by atoms with van der Waals surface area (Å²) in [6.07, 6.45) is 4.54. The van der Waals surface area contributed by atoms with E-state index in [2.05, 4.69) is 11.8 Å². The Bertz CT molecular complexity index is 395. The van der Waals surface area contributed by atoms with Crippen molar-refractivity contribution in [2.75, 3.05) is 40.3 Å². The molecule has 0 unspecified atom stereocenters. The van der Waals surface area contributed by atoms with Gasteiger partial charge in [0.05, 0.1) is 0 Å². The van der Waals surface area contributed by atoms with Gasteiger partial charge in [0.15, 0.2) is 0 Å². The molecule has 2 rings (SSSR count). The molecular weight excluding hydrogens is 262 g/mol. The Labute approximate surface area is 117 Å². The van der Waals surface area contributed by atoms with Gasteiger partial charge < -0.3 is 4.90 Å². The highest BCUT2D eigenvalue weighted by molar-refractivity contribution is 7.86. The van der Waals surface area contributed by atoms with Gasteiger partial charge in [-0.2, -0.15) is 17.0 Å². The summed E-state index contributed by atoms with van der Waals surface area (Å²) in [5.74, 6) is 0.517. The Morgan fingerprint density at radius 3 is 2.58 bits per heavy atom. The number of nitrogens with zero attached hydrogens (tertiary/aromatic N) is 3. The van der Waals surface area contributed by atoms with E-state index in [1.165, 1.54) is 30.1 Å². The van der Waals surface area contributed by atoms with Gasteiger partial charge in [-0.1, -0.05) is 6.92 Å². The fourth-order valence-corrected chi connectivity index (χ4v) is 4.66. The predicted octanol–water partition coefficient (Wildman–Crippen LogP) is 0.989. The molecule has 0 spiro atoms. The van der Waals surface area contributed by atoms with Crippen LogP contribution in [0.1, 0.15) is 32.6 Å². The highest BCUT2D eigenvalue weighted by Gasteiger charge is 2.39. The van der Waals surface area contributed by atoms with Gasteiger partial charge in [0.1, 0.15) is 0 Å². The smallest absolute Gasteiger partial charge is 0.281 e. The standard InChI is InChI=1S/C13H27N3O2S/c1-4-8-15-9-5-6-12-11-16(10-7-13(12)15)19(17,18)14(2)3/h12-13H,4-11H2,1-3H3/t12-,13+/m1/s1. The topological polar surface area (TPSA) is 43.9 Å². The Morgan fingerprint density at radius 2 is 1.95 bits per heavy atom. The minimum absolute atomic E-state index is 0.517. The molecule has 2 saturated heterocycles. The molecule has 19 heavy (non-hydrogen) atoms. The fraction of sp³-hybridized carbons (Fsp3) is 1.00. The fourth-order valence-electron chi connectivity index (χ4n) is 3.48. The highest BCUT2D eigenvalue weighted by Crippen LogP contribution is 2.31. The second-order valence-electron chi connectivity index (χ2n) is 5.94. The first-order chi connectivity index (χ1) is 8.96. The monoisotopic (exact) mass is 289 g/mol. The van der Waals surface area contributed by atoms with Crippen LogP contribution in [-0.4, -0.2) is 68.2 Å². The molecule has 2 atom stereocenters. The lowest BCUT2D eigenvalue weighted by Crippen LogP contribution is -2.56. The van der Waals surface area contributed by atoms with Crippen molar-refractivity contribution < 1.29 is 8.42 Å².